The minimum atomic E-state index is -4.36. The number of nitrogens with zero attached hydrogens (tertiary/aromatic N) is 2. The maximum absolute atomic E-state index is 14.9. The predicted octanol–water partition coefficient (Wildman–Crippen LogP) is 2.45. The van der Waals surface area contributed by atoms with Crippen molar-refractivity contribution in [3.05, 3.63) is 58.4 Å². The molecule has 0 aliphatic carbocycles. The third kappa shape index (κ3) is 4.70. The Morgan fingerprint density at radius 3 is 2.64 bits per heavy atom. The van der Waals surface area contributed by atoms with E-state index in [4.69, 9.17) is 14.2 Å². The van der Waals surface area contributed by atoms with Crippen molar-refractivity contribution in [2.24, 2.45) is 0 Å². The summed E-state index contributed by atoms with van der Waals surface area (Å²) in [5, 5.41) is 0.390. The van der Waals surface area contributed by atoms with Gasteiger partial charge in [-0.3, -0.25) is 4.79 Å². The van der Waals surface area contributed by atoms with Crippen LogP contribution in [0, 0.1) is 5.82 Å². The number of methoxy groups -OCH3 is 2. The van der Waals surface area contributed by atoms with Gasteiger partial charge in [-0.1, -0.05) is 12.1 Å². The molecule has 9 nitrogen and oxygen atoms in total. The van der Waals surface area contributed by atoms with Crippen LogP contribution in [0.4, 0.5) is 4.39 Å². The summed E-state index contributed by atoms with van der Waals surface area (Å²) in [7, 11) is -1.70. The summed E-state index contributed by atoms with van der Waals surface area (Å²) in [4.78, 5) is 18.9. The molecule has 11 heteroatoms. The highest BCUT2D eigenvalue weighted by Crippen LogP contribution is 2.34. The predicted molar refractivity (Wildman–Crippen MR) is 118 cm³/mol. The number of benzene rings is 2. The van der Waals surface area contributed by atoms with Gasteiger partial charge in [-0.25, -0.2) is 17.8 Å². The molecule has 1 N–H and O–H groups in total. The van der Waals surface area contributed by atoms with Crippen molar-refractivity contribution in [2.75, 3.05) is 27.4 Å². The third-order valence-corrected chi connectivity index (χ3v) is 7.30. The number of hydrogen-bond donors (Lipinski definition) is 1. The van der Waals surface area contributed by atoms with Crippen LogP contribution < -0.4 is 15.0 Å². The van der Waals surface area contributed by atoms with Crippen LogP contribution in [-0.2, 0) is 21.3 Å². The first-order valence-corrected chi connectivity index (χ1v) is 11.8. The number of nitrogens with one attached hydrogen (secondary N) is 1. The van der Waals surface area contributed by atoms with E-state index >= 15 is 0 Å². The topological polar surface area (TPSA) is 111 Å². The highest BCUT2D eigenvalue weighted by atomic mass is 32.2. The van der Waals surface area contributed by atoms with E-state index in [1.54, 1.807) is 24.3 Å². The quantitative estimate of drug-likeness (QED) is 0.531. The number of rotatable bonds is 8. The first-order valence-electron chi connectivity index (χ1n) is 10.3. The first kappa shape index (κ1) is 23.1. The molecule has 1 unspecified atom stereocenters. The van der Waals surface area contributed by atoms with E-state index in [9.17, 15) is 17.6 Å². The van der Waals surface area contributed by atoms with Gasteiger partial charge >= 0.3 is 0 Å². The van der Waals surface area contributed by atoms with Crippen molar-refractivity contribution in [1.82, 2.24) is 14.3 Å². The molecule has 2 aromatic carbocycles. The zero-order chi connectivity index (χ0) is 23.6. The Bertz CT molecular complexity index is 1320. The molecule has 2 heterocycles. The lowest BCUT2D eigenvalue weighted by Gasteiger charge is -2.25. The third-order valence-electron chi connectivity index (χ3n) is 5.48. The van der Waals surface area contributed by atoms with Gasteiger partial charge in [-0.2, -0.15) is 4.31 Å². The molecule has 0 spiro atoms. The number of H-pyrrole nitrogens is 1. The van der Waals surface area contributed by atoms with E-state index in [2.05, 4.69) is 9.97 Å². The van der Waals surface area contributed by atoms with E-state index < -0.39 is 20.7 Å². The monoisotopic (exact) mass is 477 g/mol. The van der Waals surface area contributed by atoms with E-state index in [-0.39, 0.29) is 42.1 Å². The maximum Gasteiger partial charge on any atom is 0.258 e. The van der Waals surface area contributed by atoms with Crippen LogP contribution in [0.25, 0.3) is 10.9 Å². The average molecular weight is 478 g/mol. The molecule has 1 atom stereocenters. The number of halogens is 1. The summed E-state index contributed by atoms with van der Waals surface area (Å²) in [5.41, 5.74) is 0.0466. The van der Waals surface area contributed by atoms with Crippen molar-refractivity contribution < 1.29 is 27.0 Å². The fourth-order valence-corrected chi connectivity index (χ4v) is 5.31. The Morgan fingerprint density at radius 2 is 1.94 bits per heavy atom. The molecular weight excluding hydrogens is 453 g/mol. The van der Waals surface area contributed by atoms with Gasteiger partial charge in [0.25, 0.3) is 5.56 Å². The van der Waals surface area contributed by atoms with Crippen molar-refractivity contribution in [2.45, 2.75) is 30.4 Å². The molecule has 176 valence electrons. The number of aromatic amines is 1. The number of aromatic nitrogens is 2. The van der Waals surface area contributed by atoms with Gasteiger partial charge < -0.3 is 19.2 Å². The lowest BCUT2D eigenvalue weighted by atomic mass is 10.2. The summed E-state index contributed by atoms with van der Waals surface area (Å²) in [6.45, 7) is 0.233. The van der Waals surface area contributed by atoms with E-state index in [0.29, 0.717) is 23.9 Å². The zero-order valence-electron chi connectivity index (χ0n) is 18.2. The van der Waals surface area contributed by atoms with Crippen molar-refractivity contribution in [3.63, 3.8) is 0 Å². The largest absolute Gasteiger partial charge is 0.493 e. The second kappa shape index (κ2) is 9.46. The second-order valence-electron chi connectivity index (χ2n) is 7.60. The number of para-hydroxylation sites is 1. The standard InChI is InChI=1S/C22H24FN3O6S/c1-30-18-10-16(23)20(11-19(18)31-2)33(28,29)26(12-14-6-5-9-32-14)13-21-24-17-8-4-3-7-15(17)22(27)25-21/h3-4,7-8,10-11,14H,5-6,9,12-13H2,1-2H3,(H,24,25,27). The van der Waals surface area contributed by atoms with Crippen LogP contribution in [0.1, 0.15) is 18.7 Å². The SMILES string of the molecule is COc1cc(F)c(S(=O)(=O)N(Cc2nc3ccccc3c(=O)[nH]2)CC2CCCO2)cc1OC. The Morgan fingerprint density at radius 1 is 1.21 bits per heavy atom. The zero-order valence-corrected chi connectivity index (χ0v) is 19.0. The van der Waals surface area contributed by atoms with Gasteiger partial charge in [0, 0.05) is 25.3 Å². The molecule has 1 aliphatic rings. The Kier molecular flexibility index (Phi) is 6.63. The number of fused-ring (bicyclic) bond motifs is 1. The highest BCUT2D eigenvalue weighted by molar-refractivity contribution is 7.89. The van der Waals surface area contributed by atoms with Crippen LogP contribution in [0.5, 0.6) is 11.5 Å². The van der Waals surface area contributed by atoms with E-state index in [1.165, 1.54) is 14.2 Å². The number of sulfonamides is 1. The van der Waals surface area contributed by atoms with E-state index in [0.717, 1.165) is 22.9 Å². The fraction of sp³-hybridized carbons (Fsp3) is 0.364. The fourth-order valence-electron chi connectivity index (χ4n) is 3.81. The summed E-state index contributed by atoms with van der Waals surface area (Å²) < 4.78 is 59.0. The molecular formula is C22H24FN3O6S. The van der Waals surface area contributed by atoms with Crippen LogP contribution in [0.2, 0.25) is 0 Å². The highest BCUT2D eigenvalue weighted by Gasteiger charge is 2.33. The Labute approximate surface area is 190 Å². The molecule has 0 amide bonds. The van der Waals surface area contributed by atoms with E-state index in [1.807, 2.05) is 0 Å². The van der Waals surface area contributed by atoms with Crippen LogP contribution in [0.15, 0.2) is 46.1 Å². The summed E-state index contributed by atoms with van der Waals surface area (Å²) in [6.07, 6.45) is 1.12. The van der Waals surface area contributed by atoms with Gasteiger partial charge in [-0.05, 0) is 25.0 Å². The number of hydrogen-bond acceptors (Lipinski definition) is 7. The minimum Gasteiger partial charge on any atom is -0.493 e. The lowest BCUT2D eigenvalue weighted by molar-refractivity contribution is 0.0921. The summed E-state index contributed by atoms with van der Waals surface area (Å²) >= 11 is 0. The van der Waals surface area contributed by atoms with Gasteiger partial charge in [0.05, 0.1) is 37.8 Å². The minimum absolute atomic E-state index is 0.0212. The Balaban J connectivity index is 1.76. The molecule has 0 radical (unpaired) electrons. The van der Waals surface area contributed by atoms with Crippen LogP contribution >= 0.6 is 0 Å². The second-order valence-corrected chi connectivity index (χ2v) is 9.51. The van der Waals surface area contributed by atoms with Crippen LogP contribution in [-0.4, -0.2) is 56.2 Å². The molecule has 1 fully saturated rings. The van der Waals surface area contributed by atoms with Gasteiger partial charge in [0.2, 0.25) is 10.0 Å². The maximum atomic E-state index is 14.9. The molecule has 0 saturated carbocycles. The Hall–Kier alpha value is -3.02. The summed E-state index contributed by atoms with van der Waals surface area (Å²) in [6, 6.07) is 8.80. The van der Waals surface area contributed by atoms with Crippen molar-refractivity contribution >= 4 is 20.9 Å². The molecule has 1 aromatic heterocycles. The average Bonchev–Trinajstić information content (AvgIpc) is 3.31. The van der Waals surface area contributed by atoms with Gasteiger partial charge in [0.1, 0.15) is 16.5 Å². The smallest absolute Gasteiger partial charge is 0.258 e. The first-order chi connectivity index (χ1) is 15.8. The lowest BCUT2D eigenvalue weighted by Crippen LogP contribution is -2.38. The molecule has 4 rings (SSSR count). The van der Waals surface area contributed by atoms with Gasteiger partial charge in [-0.15, -0.1) is 0 Å². The van der Waals surface area contributed by atoms with Crippen molar-refractivity contribution in [3.8, 4) is 11.5 Å². The van der Waals surface area contributed by atoms with Gasteiger partial charge in [0.15, 0.2) is 11.5 Å². The normalized spacial score (nSPS) is 16.4. The van der Waals surface area contributed by atoms with Crippen molar-refractivity contribution in [1.29, 1.82) is 0 Å². The molecule has 33 heavy (non-hydrogen) atoms. The molecule has 1 saturated heterocycles. The molecule has 0 bridgehead atoms. The van der Waals surface area contributed by atoms with Crippen LogP contribution in [0.3, 0.4) is 0 Å². The number of ether oxygens (including phenoxy) is 3. The summed E-state index contributed by atoms with van der Waals surface area (Å²) in [5.74, 6) is -0.696. The molecule has 1 aliphatic heterocycles. The molecule has 3 aromatic rings.